The SMILES string of the molecule is Cc1noc(Cl)c1C. The molecule has 1 heterocycles. The van der Waals surface area contributed by atoms with Gasteiger partial charge in [-0.3, -0.25) is 0 Å². The van der Waals surface area contributed by atoms with Crippen molar-refractivity contribution in [2.45, 2.75) is 13.8 Å². The summed E-state index contributed by atoms with van der Waals surface area (Å²) in [6, 6.07) is 0. The first-order chi connectivity index (χ1) is 3.72. The van der Waals surface area contributed by atoms with Crippen molar-refractivity contribution in [1.29, 1.82) is 0 Å². The number of halogens is 1. The van der Waals surface area contributed by atoms with Crippen LogP contribution in [0.25, 0.3) is 0 Å². The lowest BCUT2D eigenvalue weighted by Gasteiger charge is -1.78. The lowest BCUT2D eigenvalue weighted by molar-refractivity contribution is 0.416. The molecule has 8 heavy (non-hydrogen) atoms. The van der Waals surface area contributed by atoms with Crippen LogP contribution in [0.2, 0.25) is 5.22 Å². The van der Waals surface area contributed by atoms with Crippen molar-refractivity contribution in [1.82, 2.24) is 5.16 Å². The zero-order valence-corrected chi connectivity index (χ0v) is 5.49. The van der Waals surface area contributed by atoms with Gasteiger partial charge in [0, 0.05) is 5.56 Å². The van der Waals surface area contributed by atoms with Crippen molar-refractivity contribution in [3.63, 3.8) is 0 Å². The van der Waals surface area contributed by atoms with E-state index in [2.05, 4.69) is 9.68 Å². The molecule has 0 aliphatic rings. The van der Waals surface area contributed by atoms with Crippen molar-refractivity contribution in [3.8, 4) is 0 Å². The Kier molecular flexibility index (Phi) is 1.26. The average molecular weight is 132 g/mol. The molecule has 0 saturated heterocycles. The third kappa shape index (κ3) is 0.713. The molecule has 1 aromatic heterocycles. The summed E-state index contributed by atoms with van der Waals surface area (Å²) < 4.78 is 4.61. The highest BCUT2D eigenvalue weighted by Crippen LogP contribution is 2.16. The van der Waals surface area contributed by atoms with E-state index in [1.54, 1.807) is 0 Å². The van der Waals surface area contributed by atoms with E-state index in [1.165, 1.54) is 0 Å². The summed E-state index contributed by atoms with van der Waals surface area (Å²) in [6.07, 6.45) is 0. The molecule has 3 heteroatoms. The summed E-state index contributed by atoms with van der Waals surface area (Å²) in [6.45, 7) is 3.72. The van der Waals surface area contributed by atoms with E-state index in [1.807, 2.05) is 13.8 Å². The van der Waals surface area contributed by atoms with Gasteiger partial charge in [0.05, 0.1) is 5.69 Å². The molecule has 0 N–H and O–H groups in total. The number of hydrogen-bond donors (Lipinski definition) is 0. The lowest BCUT2D eigenvalue weighted by atomic mass is 10.3. The van der Waals surface area contributed by atoms with Gasteiger partial charge in [-0.05, 0) is 25.4 Å². The Labute approximate surface area is 52.4 Å². The molecular formula is C5H6ClNO. The van der Waals surface area contributed by atoms with Gasteiger partial charge >= 0.3 is 0 Å². The third-order valence-electron chi connectivity index (χ3n) is 1.10. The highest BCUT2D eigenvalue weighted by Gasteiger charge is 2.02. The van der Waals surface area contributed by atoms with E-state index in [9.17, 15) is 0 Å². The summed E-state index contributed by atoms with van der Waals surface area (Å²) in [5.74, 6) is 0. The average Bonchev–Trinajstić information content (AvgIpc) is 1.98. The van der Waals surface area contributed by atoms with Crippen LogP contribution < -0.4 is 0 Å². The first-order valence-electron chi connectivity index (χ1n) is 2.30. The minimum Gasteiger partial charge on any atom is -0.344 e. The molecule has 0 aliphatic carbocycles. The maximum absolute atomic E-state index is 5.50. The summed E-state index contributed by atoms with van der Waals surface area (Å²) in [5, 5.41) is 4.00. The van der Waals surface area contributed by atoms with Gasteiger partial charge in [-0.1, -0.05) is 5.16 Å². The van der Waals surface area contributed by atoms with Crippen molar-refractivity contribution < 1.29 is 4.52 Å². The molecule has 0 bridgehead atoms. The van der Waals surface area contributed by atoms with Crippen LogP contribution in [0, 0.1) is 13.8 Å². The largest absolute Gasteiger partial charge is 0.344 e. The quantitative estimate of drug-likeness (QED) is 0.538. The maximum atomic E-state index is 5.50. The summed E-state index contributed by atoms with van der Waals surface area (Å²) in [5.41, 5.74) is 1.78. The van der Waals surface area contributed by atoms with Gasteiger partial charge in [0.25, 0.3) is 0 Å². The fraction of sp³-hybridized carbons (Fsp3) is 0.400. The van der Waals surface area contributed by atoms with Gasteiger partial charge in [0.15, 0.2) is 0 Å². The molecule has 0 radical (unpaired) electrons. The van der Waals surface area contributed by atoms with Crippen LogP contribution >= 0.6 is 11.6 Å². The molecule has 0 unspecified atom stereocenters. The van der Waals surface area contributed by atoms with Crippen LogP contribution in [0.3, 0.4) is 0 Å². The smallest absolute Gasteiger partial charge is 0.229 e. The molecule has 0 aliphatic heterocycles. The number of aryl methyl sites for hydroxylation is 1. The van der Waals surface area contributed by atoms with Gasteiger partial charge in [-0.15, -0.1) is 0 Å². The molecule has 0 spiro atoms. The second kappa shape index (κ2) is 1.78. The molecule has 1 aromatic rings. The summed E-state index contributed by atoms with van der Waals surface area (Å²) in [7, 11) is 0. The Morgan fingerprint density at radius 1 is 1.50 bits per heavy atom. The fourth-order valence-corrected chi connectivity index (χ4v) is 0.559. The maximum Gasteiger partial charge on any atom is 0.229 e. The van der Waals surface area contributed by atoms with Crippen LogP contribution in [0.15, 0.2) is 4.52 Å². The summed E-state index contributed by atoms with van der Waals surface area (Å²) in [4.78, 5) is 0. The standard InChI is InChI=1S/C5H6ClNO/c1-3-4(2)7-8-5(3)6/h1-2H3. The molecule has 1 rings (SSSR count). The second-order valence-corrected chi connectivity index (χ2v) is 2.01. The third-order valence-corrected chi connectivity index (χ3v) is 1.45. The van der Waals surface area contributed by atoms with E-state index in [0.717, 1.165) is 11.3 Å². The Bertz CT molecular complexity index is 175. The number of nitrogens with zero attached hydrogens (tertiary/aromatic N) is 1. The van der Waals surface area contributed by atoms with E-state index in [0.29, 0.717) is 5.22 Å². The predicted molar refractivity (Wildman–Crippen MR) is 31.0 cm³/mol. The Morgan fingerprint density at radius 3 is 2.25 bits per heavy atom. The number of aromatic nitrogens is 1. The van der Waals surface area contributed by atoms with Gasteiger partial charge < -0.3 is 4.52 Å². The first-order valence-corrected chi connectivity index (χ1v) is 2.68. The molecule has 0 amide bonds. The normalized spacial score (nSPS) is 9.88. The topological polar surface area (TPSA) is 26.0 Å². The zero-order valence-electron chi connectivity index (χ0n) is 4.73. The van der Waals surface area contributed by atoms with Gasteiger partial charge in [0.1, 0.15) is 0 Å². The molecule has 44 valence electrons. The van der Waals surface area contributed by atoms with Gasteiger partial charge in [-0.25, -0.2) is 0 Å². The molecular weight excluding hydrogens is 126 g/mol. The first kappa shape index (κ1) is 5.63. The van der Waals surface area contributed by atoms with Crippen LogP contribution in [0.5, 0.6) is 0 Å². The van der Waals surface area contributed by atoms with Crippen molar-refractivity contribution in [3.05, 3.63) is 16.5 Å². The van der Waals surface area contributed by atoms with Crippen molar-refractivity contribution in [2.24, 2.45) is 0 Å². The van der Waals surface area contributed by atoms with Gasteiger partial charge in [-0.2, -0.15) is 0 Å². The fourth-order valence-electron chi connectivity index (χ4n) is 0.388. The van der Waals surface area contributed by atoms with Crippen LogP contribution in [0.4, 0.5) is 0 Å². The van der Waals surface area contributed by atoms with E-state index in [4.69, 9.17) is 11.6 Å². The van der Waals surface area contributed by atoms with Crippen LogP contribution in [-0.2, 0) is 0 Å². The van der Waals surface area contributed by atoms with Crippen molar-refractivity contribution in [2.75, 3.05) is 0 Å². The Balaban J connectivity index is 3.19. The minimum atomic E-state index is 0.391. The zero-order chi connectivity index (χ0) is 6.15. The molecule has 0 atom stereocenters. The van der Waals surface area contributed by atoms with E-state index in [-0.39, 0.29) is 0 Å². The molecule has 0 saturated carbocycles. The van der Waals surface area contributed by atoms with Crippen LogP contribution in [-0.4, -0.2) is 5.16 Å². The predicted octanol–water partition coefficient (Wildman–Crippen LogP) is 1.94. The highest BCUT2D eigenvalue weighted by molar-refractivity contribution is 6.29. The number of hydrogen-bond acceptors (Lipinski definition) is 2. The molecule has 0 aromatic carbocycles. The van der Waals surface area contributed by atoms with Crippen molar-refractivity contribution >= 4 is 11.6 Å². The Hall–Kier alpha value is -0.500. The van der Waals surface area contributed by atoms with Crippen LogP contribution in [0.1, 0.15) is 11.3 Å². The second-order valence-electron chi connectivity index (χ2n) is 1.67. The van der Waals surface area contributed by atoms with Gasteiger partial charge in [0.2, 0.25) is 5.22 Å². The molecule has 2 nitrogen and oxygen atoms in total. The minimum absolute atomic E-state index is 0.391. The number of rotatable bonds is 0. The lowest BCUT2D eigenvalue weighted by Crippen LogP contribution is -1.70. The van der Waals surface area contributed by atoms with E-state index >= 15 is 0 Å². The Morgan fingerprint density at radius 2 is 2.12 bits per heavy atom. The highest BCUT2D eigenvalue weighted by atomic mass is 35.5. The molecule has 0 fully saturated rings. The monoisotopic (exact) mass is 131 g/mol. The summed E-state index contributed by atoms with van der Waals surface area (Å²) >= 11 is 5.50. The van der Waals surface area contributed by atoms with E-state index < -0.39 is 0 Å².